The van der Waals surface area contributed by atoms with Gasteiger partial charge in [0.05, 0.1) is 0 Å². The highest BCUT2D eigenvalue weighted by Gasteiger charge is 2.01. The highest BCUT2D eigenvalue weighted by molar-refractivity contribution is 9.09. The van der Waals surface area contributed by atoms with Gasteiger partial charge in [0, 0.05) is 4.83 Å². The van der Waals surface area contributed by atoms with E-state index >= 15 is 0 Å². The Labute approximate surface area is 64.1 Å². The first kappa shape index (κ1) is 6.81. The molecule has 1 heteroatoms. The molecule has 0 radical (unpaired) electrons. The lowest BCUT2D eigenvalue weighted by molar-refractivity contribution is 1.06. The van der Waals surface area contributed by atoms with Crippen LogP contribution in [-0.2, 0) is 0 Å². The summed E-state index contributed by atoms with van der Waals surface area (Å²) in [6, 6.07) is 0. The van der Waals surface area contributed by atoms with Crippen LogP contribution < -0.4 is 0 Å². The molecule has 0 saturated heterocycles. The summed E-state index contributed by atoms with van der Waals surface area (Å²) >= 11 is 3.49. The smallest absolute Gasteiger partial charge is 0.0368 e. The zero-order valence-corrected chi connectivity index (χ0v) is 6.76. The van der Waals surface area contributed by atoms with E-state index in [-0.39, 0.29) is 0 Å². The molecule has 1 aliphatic carbocycles. The molecule has 1 atom stereocenters. The van der Waals surface area contributed by atoms with Crippen LogP contribution in [0, 0.1) is 0 Å². The van der Waals surface area contributed by atoms with Gasteiger partial charge >= 0.3 is 0 Å². The first-order valence-electron chi connectivity index (χ1n) is 2.98. The third kappa shape index (κ3) is 1.83. The number of hydrogen-bond donors (Lipinski definition) is 0. The quantitative estimate of drug-likeness (QED) is 0.551. The molecule has 0 amide bonds. The van der Waals surface area contributed by atoms with Gasteiger partial charge in [-0.25, -0.2) is 0 Å². The van der Waals surface area contributed by atoms with Gasteiger partial charge in [-0.2, -0.15) is 0 Å². The molecule has 0 spiro atoms. The Morgan fingerprint density at radius 2 is 2.56 bits per heavy atom. The third-order valence-electron chi connectivity index (χ3n) is 1.28. The van der Waals surface area contributed by atoms with Gasteiger partial charge < -0.3 is 0 Å². The van der Waals surface area contributed by atoms with Crippen LogP contribution in [0.25, 0.3) is 0 Å². The van der Waals surface area contributed by atoms with Crippen molar-refractivity contribution in [3.63, 3.8) is 0 Å². The fourth-order valence-electron chi connectivity index (χ4n) is 0.803. The molecule has 48 valence electrons. The van der Waals surface area contributed by atoms with E-state index in [1.54, 1.807) is 0 Å². The van der Waals surface area contributed by atoms with E-state index < -0.39 is 0 Å². The summed E-state index contributed by atoms with van der Waals surface area (Å²) in [6.45, 7) is 3.68. The molecule has 0 heterocycles. The molecule has 0 aromatic carbocycles. The van der Waals surface area contributed by atoms with Gasteiger partial charge in [-0.05, 0) is 12.0 Å². The lowest BCUT2D eigenvalue weighted by atomic mass is 10.1. The van der Waals surface area contributed by atoms with Gasteiger partial charge in [0.25, 0.3) is 0 Å². The molecule has 0 fully saturated rings. The maximum absolute atomic E-state index is 3.68. The lowest BCUT2D eigenvalue weighted by Gasteiger charge is -2.06. The first-order chi connectivity index (χ1) is 4.33. The van der Waals surface area contributed by atoms with Crippen LogP contribution in [0.3, 0.4) is 0 Å². The molecule has 0 aliphatic heterocycles. The fourth-order valence-corrected chi connectivity index (χ4v) is 1.32. The van der Waals surface area contributed by atoms with Crippen LogP contribution in [-0.4, -0.2) is 4.83 Å². The number of allylic oxidation sites excluding steroid dienone is 5. The van der Waals surface area contributed by atoms with Crippen molar-refractivity contribution in [1.29, 1.82) is 0 Å². The van der Waals surface area contributed by atoms with E-state index in [4.69, 9.17) is 0 Å². The second kappa shape index (κ2) is 3.02. The van der Waals surface area contributed by atoms with Crippen molar-refractivity contribution in [3.05, 3.63) is 36.5 Å². The summed E-state index contributed by atoms with van der Waals surface area (Å²) in [4.78, 5) is 0.510. The summed E-state index contributed by atoms with van der Waals surface area (Å²) in [5.41, 5.74) is 1.21. The van der Waals surface area contributed by atoms with Crippen LogP contribution in [0.1, 0.15) is 6.42 Å². The molecular formula is C8H9Br. The van der Waals surface area contributed by atoms with Crippen LogP contribution in [0.5, 0.6) is 0 Å². The lowest BCUT2D eigenvalue weighted by Crippen LogP contribution is -1.95. The minimum Gasteiger partial charge on any atom is -0.0985 e. The number of hydrogen-bond acceptors (Lipinski definition) is 0. The zero-order chi connectivity index (χ0) is 6.69. The SMILES string of the molecule is C=CC1=CC(Br)CC=C1. The van der Waals surface area contributed by atoms with E-state index in [0.717, 1.165) is 6.42 Å². The van der Waals surface area contributed by atoms with Gasteiger partial charge in [0.15, 0.2) is 0 Å². The molecule has 1 rings (SSSR count). The highest BCUT2D eigenvalue weighted by atomic mass is 79.9. The van der Waals surface area contributed by atoms with Crippen molar-refractivity contribution >= 4 is 15.9 Å². The van der Waals surface area contributed by atoms with Gasteiger partial charge in [0.2, 0.25) is 0 Å². The third-order valence-corrected chi connectivity index (χ3v) is 1.92. The van der Waals surface area contributed by atoms with E-state index in [1.165, 1.54) is 5.57 Å². The van der Waals surface area contributed by atoms with E-state index in [2.05, 4.69) is 40.7 Å². The number of halogens is 1. The van der Waals surface area contributed by atoms with Crippen molar-refractivity contribution < 1.29 is 0 Å². The standard InChI is InChI=1S/C8H9Br/c1-2-7-4-3-5-8(9)6-7/h2-4,6,8H,1,5H2. The van der Waals surface area contributed by atoms with Crippen LogP contribution in [0.4, 0.5) is 0 Å². The van der Waals surface area contributed by atoms with E-state index in [9.17, 15) is 0 Å². The summed E-state index contributed by atoms with van der Waals surface area (Å²) in [5, 5.41) is 0. The van der Waals surface area contributed by atoms with Crippen molar-refractivity contribution in [3.8, 4) is 0 Å². The molecular weight excluding hydrogens is 176 g/mol. The minimum atomic E-state index is 0.510. The molecule has 1 aliphatic rings. The average molecular weight is 185 g/mol. The van der Waals surface area contributed by atoms with Crippen LogP contribution >= 0.6 is 15.9 Å². The Morgan fingerprint density at radius 3 is 3.00 bits per heavy atom. The van der Waals surface area contributed by atoms with Gasteiger partial charge in [-0.1, -0.05) is 46.8 Å². The molecule has 0 N–H and O–H groups in total. The fraction of sp³-hybridized carbons (Fsp3) is 0.250. The number of alkyl halides is 1. The van der Waals surface area contributed by atoms with Gasteiger partial charge in [0.1, 0.15) is 0 Å². The summed E-state index contributed by atoms with van der Waals surface area (Å²) in [6.07, 6.45) is 9.36. The normalized spacial score (nSPS) is 25.4. The maximum Gasteiger partial charge on any atom is 0.0368 e. The van der Waals surface area contributed by atoms with Gasteiger partial charge in [-0.15, -0.1) is 0 Å². The Bertz CT molecular complexity index is 165. The Morgan fingerprint density at radius 1 is 1.78 bits per heavy atom. The van der Waals surface area contributed by atoms with Crippen molar-refractivity contribution in [2.75, 3.05) is 0 Å². The molecule has 0 aromatic heterocycles. The zero-order valence-electron chi connectivity index (χ0n) is 5.18. The summed E-state index contributed by atoms with van der Waals surface area (Å²) in [5.74, 6) is 0. The molecule has 0 aromatic rings. The van der Waals surface area contributed by atoms with Crippen molar-refractivity contribution in [2.45, 2.75) is 11.2 Å². The topological polar surface area (TPSA) is 0 Å². The second-order valence-corrected chi connectivity index (χ2v) is 3.20. The largest absolute Gasteiger partial charge is 0.0985 e. The van der Waals surface area contributed by atoms with Crippen LogP contribution in [0.2, 0.25) is 0 Å². The Kier molecular flexibility index (Phi) is 2.29. The first-order valence-corrected chi connectivity index (χ1v) is 3.89. The number of rotatable bonds is 1. The Balaban J connectivity index is 2.70. The molecule has 1 unspecified atom stereocenters. The van der Waals surface area contributed by atoms with E-state index in [0.29, 0.717) is 4.83 Å². The van der Waals surface area contributed by atoms with Crippen LogP contribution in [0.15, 0.2) is 36.5 Å². The monoisotopic (exact) mass is 184 g/mol. The molecule has 0 saturated carbocycles. The predicted molar refractivity (Wildman–Crippen MR) is 44.8 cm³/mol. The average Bonchev–Trinajstić information content (AvgIpc) is 1.88. The minimum absolute atomic E-state index is 0.510. The Hall–Kier alpha value is -0.300. The molecule has 0 nitrogen and oxygen atoms in total. The predicted octanol–water partition coefficient (Wildman–Crippen LogP) is 2.82. The highest BCUT2D eigenvalue weighted by Crippen LogP contribution is 2.16. The van der Waals surface area contributed by atoms with Crippen molar-refractivity contribution in [2.24, 2.45) is 0 Å². The van der Waals surface area contributed by atoms with Crippen molar-refractivity contribution in [1.82, 2.24) is 0 Å². The summed E-state index contributed by atoms with van der Waals surface area (Å²) < 4.78 is 0. The molecule has 0 bridgehead atoms. The molecule has 9 heavy (non-hydrogen) atoms. The maximum atomic E-state index is 3.68. The van der Waals surface area contributed by atoms with E-state index in [1.807, 2.05) is 6.08 Å². The second-order valence-electron chi connectivity index (χ2n) is 2.02. The summed E-state index contributed by atoms with van der Waals surface area (Å²) in [7, 11) is 0. The van der Waals surface area contributed by atoms with Gasteiger partial charge in [-0.3, -0.25) is 0 Å².